The maximum Gasteiger partial charge on any atom is 0.261 e. The fourth-order valence-electron chi connectivity index (χ4n) is 1.90. The Morgan fingerprint density at radius 3 is 2.10 bits per heavy atom. The molecule has 2 rings (SSSR count). The van der Waals surface area contributed by atoms with E-state index in [4.69, 9.17) is 5.26 Å². The topological polar surface area (TPSA) is 70.0 Å². The van der Waals surface area contributed by atoms with Crippen molar-refractivity contribution in [1.82, 2.24) is 0 Å². The van der Waals surface area contributed by atoms with Crippen LogP contribution in [-0.2, 0) is 22.9 Å². The summed E-state index contributed by atoms with van der Waals surface area (Å²) in [6.07, 6.45) is 1.18. The van der Waals surface area contributed by atoms with Crippen LogP contribution in [0.15, 0.2) is 53.4 Å². The Labute approximate surface area is 125 Å². The van der Waals surface area contributed by atoms with Crippen LogP contribution in [0, 0.1) is 11.3 Å². The first-order valence-corrected chi connectivity index (χ1v) is 8.11. The lowest BCUT2D eigenvalue weighted by atomic mass is 10.1. The molecule has 0 radical (unpaired) electrons. The summed E-state index contributed by atoms with van der Waals surface area (Å²) in [6.45, 7) is 2.02. The largest absolute Gasteiger partial charge is 0.280 e. The molecule has 108 valence electrons. The first-order valence-electron chi connectivity index (χ1n) is 6.63. The summed E-state index contributed by atoms with van der Waals surface area (Å²) in [5, 5.41) is 8.61. The van der Waals surface area contributed by atoms with Gasteiger partial charge >= 0.3 is 0 Å². The van der Waals surface area contributed by atoms with Crippen molar-refractivity contribution in [1.29, 1.82) is 5.26 Å². The maximum atomic E-state index is 12.2. The first kappa shape index (κ1) is 15.1. The van der Waals surface area contributed by atoms with E-state index in [-0.39, 0.29) is 4.90 Å². The van der Waals surface area contributed by atoms with Gasteiger partial charge in [0.05, 0.1) is 17.4 Å². The van der Waals surface area contributed by atoms with Gasteiger partial charge in [0.1, 0.15) is 0 Å². The molecule has 0 bridgehead atoms. The highest BCUT2D eigenvalue weighted by Crippen LogP contribution is 2.17. The van der Waals surface area contributed by atoms with Crippen LogP contribution in [0.5, 0.6) is 0 Å². The Kier molecular flexibility index (Phi) is 4.61. The summed E-state index contributed by atoms with van der Waals surface area (Å²) in [5.41, 5.74) is 2.43. The number of benzene rings is 2. The van der Waals surface area contributed by atoms with E-state index >= 15 is 0 Å². The molecule has 0 spiro atoms. The average Bonchev–Trinajstić information content (AvgIpc) is 2.49. The molecule has 0 aliphatic heterocycles. The number of hydrogen-bond donors (Lipinski definition) is 1. The van der Waals surface area contributed by atoms with E-state index in [0.29, 0.717) is 12.1 Å². The van der Waals surface area contributed by atoms with Gasteiger partial charge in [-0.2, -0.15) is 5.26 Å². The second-order valence-corrected chi connectivity index (χ2v) is 6.32. The van der Waals surface area contributed by atoms with Gasteiger partial charge in [-0.3, -0.25) is 4.72 Å². The average molecular weight is 300 g/mol. The summed E-state index contributed by atoms with van der Waals surface area (Å²) in [7, 11) is -3.58. The molecule has 0 heterocycles. The molecule has 1 N–H and O–H groups in total. The third-order valence-electron chi connectivity index (χ3n) is 3.13. The van der Waals surface area contributed by atoms with Crippen LogP contribution in [-0.4, -0.2) is 8.42 Å². The molecule has 0 amide bonds. The van der Waals surface area contributed by atoms with E-state index in [1.807, 2.05) is 25.1 Å². The van der Waals surface area contributed by atoms with Crippen molar-refractivity contribution in [3.63, 3.8) is 0 Å². The SMILES string of the molecule is CCc1ccc(S(=O)(=O)Nc2ccc(CC#N)cc2)cc1. The molecular formula is C16H16N2O2S. The Hall–Kier alpha value is -2.32. The number of hydrogen-bond acceptors (Lipinski definition) is 3. The second kappa shape index (κ2) is 6.42. The van der Waals surface area contributed by atoms with Crippen molar-refractivity contribution in [3.05, 3.63) is 59.7 Å². The zero-order valence-corrected chi connectivity index (χ0v) is 12.5. The Balaban J connectivity index is 2.18. The molecule has 4 nitrogen and oxygen atoms in total. The van der Waals surface area contributed by atoms with Crippen molar-refractivity contribution < 1.29 is 8.42 Å². The third kappa shape index (κ3) is 3.83. The van der Waals surface area contributed by atoms with E-state index in [2.05, 4.69) is 4.72 Å². The molecule has 0 saturated heterocycles. The van der Waals surface area contributed by atoms with Crippen molar-refractivity contribution in [2.75, 3.05) is 4.72 Å². The fraction of sp³-hybridized carbons (Fsp3) is 0.188. The van der Waals surface area contributed by atoms with Gasteiger partial charge in [-0.1, -0.05) is 31.2 Å². The molecule has 5 heteroatoms. The highest BCUT2D eigenvalue weighted by atomic mass is 32.2. The van der Waals surface area contributed by atoms with Crippen LogP contribution >= 0.6 is 0 Å². The summed E-state index contributed by atoms with van der Waals surface area (Å²) >= 11 is 0. The second-order valence-electron chi connectivity index (χ2n) is 4.63. The van der Waals surface area contributed by atoms with Gasteiger partial charge in [0.2, 0.25) is 0 Å². The number of rotatable bonds is 5. The Morgan fingerprint density at radius 2 is 1.57 bits per heavy atom. The minimum absolute atomic E-state index is 0.237. The Bertz CT molecular complexity index is 742. The van der Waals surface area contributed by atoms with Crippen molar-refractivity contribution in [3.8, 4) is 6.07 Å². The lowest BCUT2D eigenvalue weighted by Gasteiger charge is -2.09. The molecule has 0 aliphatic carbocycles. The molecule has 21 heavy (non-hydrogen) atoms. The van der Waals surface area contributed by atoms with E-state index in [0.717, 1.165) is 17.5 Å². The minimum atomic E-state index is -3.58. The van der Waals surface area contributed by atoms with Crippen LogP contribution in [0.2, 0.25) is 0 Å². The van der Waals surface area contributed by atoms with Crippen molar-refractivity contribution in [2.45, 2.75) is 24.7 Å². The highest BCUT2D eigenvalue weighted by molar-refractivity contribution is 7.92. The smallest absolute Gasteiger partial charge is 0.261 e. The van der Waals surface area contributed by atoms with Crippen LogP contribution < -0.4 is 4.72 Å². The van der Waals surface area contributed by atoms with Gasteiger partial charge in [0.25, 0.3) is 10.0 Å². The van der Waals surface area contributed by atoms with Crippen LogP contribution in [0.25, 0.3) is 0 Å². The van der Waals surface area contributed by atoms with Crippen LogP contribution in [0.4, 0.5) is 5.69 Å². The number of nitrogens with zero attached hydrogens (tertiary/aromatic N) is 1. The predicted octanol–water partition coefficient (Wildman–Crippen LogP) is 3.12. The lowest BCUT2D eigenvalue weighted by Crippen LogP contribution is -2.12. The van der Waals surface area contributed by atoms with E-state index in [1.54, 1.807) is 36.4 Å². The van der Waals surface area contributed by atoms with E-state index in [1.165, 1.54) is 0 Å². The van der Waals surface area contributed by atoms with Crippen LogP contribution in [0.3, 0.4) is 0 Å². The number of nitrogens with one attached hydrogen (secondary N) is 1. The normalized spacial score (nSPS) is 10.9. The summed E-state index contributed by atoms with van der Waals surface area (Å²) in [6, 6.07) is 15.7. The number of sulfonamides is 1. The molecule has 0 aromatic heterocycles. The van der Waals surface area contributed by atoms with Gasteiger partial charge in [-0.15, -0.1) is 0 Å². The molecule has 2 aromatic carbocycles. The molecular weight excluding hydrogens is 284 g/mol. The van der Waals surface area contributed by atoms with Gasteiger partial charge in [0, 0.05) is 5.69 Å². The van der Waals surface area contributed by atoms with Gasteiger partial charge in [0.15, 0.2) is 0 Å². The molecule has 2 aromatic rings. The zero-order valence-electron chi connectivity index (χ0n) is 11.7. The number of anilines is 1. The first-order chi connectivity index (χ1) is 10.0. The van der Waals surface area contributed by atoms with Crippen LogP contribution in [0.1, 0.15) is 18.1 Å². The van der Waals surface area contributed by atoms with E-state index < -0.39 is 10.0 Å². The lowest BCUT2D eigenvalue weighted by molar-refractivity contribution is 0.601. The maximum absolute atomic E-state index is 12.2. The summed E-state index contributed by atoms with van der Waals surface area (Å²) < 4.78 is 27.0. The molecule has 0 aliphatic rings. The highest BCUT2D eigenvalue weighted by Gasteiger charge is 2.13. The quantitative estimate of drug-likeness (QED) is 0.922. The molecule has 0 fully saturated rings. The summed E-state index contributed by atoms with van der Waals surface area (Å²) in [5.74, 6) is 0. The van der Waals surface area contributed by atoms with Gasteiger partial charge in [-0.25, -0.2) is 8.42 Å². The standard InChI is InChI=1S/C16H16N2O2S/c1-2-13-5-9-16(10-6-13)21(19,20)18-15-7-3-14(4-8-15)11-12-17/h3-10,18H,2,11H2,1H3. The van der Waals surface area contributed by atoms with E-state index in [9.17, 15) is 8.42 Å². The fourth-order valence-corrected chi connectivity index (χ4v) is 2.96. The van der Waals surface area contributed by atoms with Crippen molar-refractivity contribution in [2.24, 2.45) is 0 Å². The monoisotopic (exact) mass is 300 g/mol. The van der Waals surface area contributed by atoms with Gasteiger partial charge < -0.3 is 0 Å². The molecule has 0 atom stereocenters. The molecule has 0 saturated carbocycles. The third-order valence-corrected chi connectivity index (χ3v) is 4.53. The number of aryl methyl sites for hydroxylation is 1. The minimum Gasteiger partial charge on any atom is -0.280 e. The molecule has 0 unspecified atom stereocenters. The summed E-state index contributed by atoms with van der Waals surface area (Å²) in [4.78, 5) is 0.237. The predicted molar refractivity (Wildman–Crippen MR) is 82.4 cm³/mol. The van der Waals surface area contributed by atoms with Gasteiger partial charge in [-0.05, 0) is 41.8 Å². The zero-order chi connectivity index (χ0) is 15.3. The Morgan fingerprint density at radius 1 is 1.00 bits per heavy atom. The number of nitriles is 1. The van der Waals surface area contributed by atoms with Crippen molar-refractivity contribution >= 4 is 15.7 Å².